The molecule has 92 valence electrons. The van der Waals surface area contributed by atoms with Crippen LogP contribution >= 0.6 is 0 Å². The summed E-state index contributed by atoms with van der Waals surface area (Å²) >= 11 is 0. The topological polar surface area (TPSA) is 52.0 Å². The third kappa shape index (κ3) is 4.83. The fraction of sp³-hybridized carbons (Fsp3) is 0.538. The highest BCUT2D eigenvalue weighted by atomic mass is 15.1. The quantitative estimate of drug-likeness (QED) is 0.731. The Morgan fingerprint density at radius 3 is 2.65 bits per heavy atom. The molecule has 0 amide bonds. The second-order valence-electron chi connectivity index (χ2n) is 3.85. The number of hydrogen-bond acceptors (Lipinski definition) is 4. The molecule has 4 heteroatoms. The van der Waals surface area contributed by atoms with Crippen molar-refractivity contribution in [2.75, 3.05) is 31.5 Å². The molecule has 0 aliphatic heterocycles. The van der Waals surface area contributed by atoms with Crippen LogP contribution in [0.15, 0.2) is 18.3 Å². The number of nitrogens with zero attached hydrogens (tertiary/aromatic N) is 3. The minimum atomic E-state index is 0.457. The Balaban J connectivity index is 2.24. The van der Waals surface area contributed by atoms with Gasteiger partial charge in [-0.15, -0.1) is 0 Å². The summed E-state index contributed by atoms with van der Waals surface area (Å²) in [6.07, 6.45) is 2.82. The highest BCUT2D eigenvalue weighted by Crippen LogP contribution is 2.05. The first-order chi connectivity index (χ1) is 8.30. The summed E-state index contributed by atoms with van der Waals surface area (Å²) in [5.41, 5.74) is 1.43. The van der Waals surface area contributed by atoms with E-state index in [0.717, 1.165) is 38.3 Å². The molecule has 0 fully saturated rings. The molecule has 0 aromatic carbocycles. The SMILES string of the molecule is CCN(CC)CCCNc1ccc(C#N)nc1. The summed E-state index contributed by atoms with van der Waals surface area (Å²) in [5.74, 6) is 0. The lowest BCUT2D eigenvalue weighted by atomic mass is 10.3. The summed E-state index contributed by atoms with van der Waals surface area (Å²) in [4.78, 5) is 6.41. The van der Waals surface area contributed by atoms with Gasteiger partial charge in [0, 0.05) is 6.54 Å². The molecule has 0 saturated carbocycles. The normalized spacial score (nSPS) is 10.2. The first-order valence-electron chi connectivity index (χ1n) is 6.12. The van der Waals surface area contributed by atoms with Gasteiger partial charge in [0.15, 0.2) is 0 Å². The molecule has 0 atom stereocenters. The number of nitriles is 1. The first-order valence-corrected chi connectivity index (χ1v) is 6.12. The molecule has 0 spiro atoms. The molecule has 1 N–H and O–H groups in total. The predicted octanol–water partition coefficient (Wildman–Crippen LogP) is 2.10. The van der Waals surface area contributed by atoms with E-state index in [9.17, 15) is 0 Å². The average Bonchev–Trinajstić information content (AvgIpc) is 2.40. The molecule has 1 aromatic heterocycles. The molecule has 1 rings (SSSR count). The predicted molar refractivity (Wildman–Crippen MR) is 69.8 cm³/mol. The van der Waals surface area contributed by atoms with E-state index in [-0.39, 0.29) is 0 Å². The number of nitrogens with one attached hydrogen (secondary N) is 1. The second kappa shape index (κ2) is 7.64. The number of pyridine rings is 1. The largest absolute Gasteiger partial charge is 0.384 e. The van der Waals surface area contributed by atoms with Gasteiger partial charge < -0.3 is 10.2 Å². The van der Waals surface area contributed by atoms with Crippen molar-refractivity contribution in [3.8, 4) is 6.07 Å². The average molecular weight is 232 g/mol. The maximum absolute atomic E-state index is 8.62. The second-order valence-corrected chi connectivity index (χ2v) is 3.85. The van der Waals surface area contributed by atoms with Gasteiger partial charge in [-0.2, -0.15) is 5.26 Å². The molecular formula is C13H20N4. The molecule has 0 unspecified atom stereocenters. The van der Waals surface area contributed by atoms with Crippen molar-refractivity contribution >= 4 is 5.69 Å². The summed E-state index contributed by atoms with van der Waals surface area (Å²) in [6, 6.07) is 5.63. The Hall–Kier alpha value is -1.60. The standard InChI is InChI=1S/C13H20N4/c1-3-17(4-2)9-5-8-15-13-7-6-12(10-14)16-11-13/h6-7,11,15H,3-5,8-9H2,1-2H3. The minimum Gasteiger partial charge on any atom is -0.384 e. The molecule has 1 aromatic rings. The Labute approximate surface area is 103 Å². The van der Waals surface area contributed by atoms with Gasteiger partial charge in [0.05, 0.1) is 11.9 Å². The van der Waals surface area contributed by atoms with Crippen LogP contribution in [-0.2, 0) is 0 Å². The van der Waals surface area contributed by atoms with Crippen LogP contribution in [0.5, 0.6) is 0 Å². The summed E-state index contributed by atoms with van der Waals surface area (Å²) in [5, 5.41) is 11.9. The lowest BCUT2D eigenvalue weighted by Gasteiger charge is -2.17. The molecule has 1 heterocycles. The van der Waals surface area contributed by atoms with E-state index in [1.54, 1.807) is 12.3 Å². The first kappa shape index (κ1) is 13.5. The van der Waals surface area contributed by atoms with Gasteiger partial charge in [0.1, 0.15) is 11.8 Å². The van der Waals surface area contributed by atoms with E-state index >= 15 is 0 Å². The maximum atomic E-state index is 8.62. The van der Waals surface area contributed by atoms with Crippen molar-refractivity contribution in [1.82, 2.24) is 9.88 Å². The van der Waals surface area contributed by atoms with E-state index in [1.807, 2.05) is 12.1 Å². The Kier molecular flexibility index (Phi) is 6.05. The van der Waals surface area contributed by atoms with Crippen LogP contribution in [0.4, 0.5) is 5.69 Å². The molecule has 0 bridgehead atoms. The molecule has 0 radical (unpaired) electrons. The number of anilines is 1. The lowest BCUT2D eigenvalue weighted by Crippen LogP contribution is -2.25. The van der Waals surface area contributed by atoms with Crippen molar-refractivity contribution in [2.24, 2.45) is 0 Å². The highest BCUT2D eigenvalue weighted by molar-refractivity contribution is 5.42. The highest BCUT2D eigenvalue weighted by Gasteiger charge is 1.98. The summed E-state index contributed by atoms with van der Waals surface area (Å²) in [7, 11) is 0. The third-order valence-electron chi connectivity index (χ3n) is 2.75. The van der Waals surface area contributed by atoms with Crippen molar-refractivity contribution in [2.45, 2.75) is 20.3 Å². The summed E-state index contributed by atoms with van der Waals surface area (Å²) < 4.78 is 0. The molecule has 4 nitrogen and oxygen atoms in total. The zero-order valence-corrected chi connectivity index (χ0v) is 10.6. The molecule has 0 saturated heterocycles. The monoisotopic (exact) mass is 232 g/mol. The Morgan fingerprint density at radius 1 is 1.35 bits per heavy atom. The van der Waals surface area contributed by atoms with Crippen molar-refractivity contribution in [3.05, 3.63) is 24.0 Å². The van der Waals surface area contributed by atoms with Gasteiger partial charge in [-0.25, -0.2) is 4.98 Å². The van der Waals surface area contributed by atoms with Crippen molar-refractivity contribution in [1.29, 1.82) is 5.26 Å². The fourth-order valence-corrected chi connectivity index (χ4v) is 1.64. The van der Waals surface area contributed by atoms with Crippen LogP contribution < -0.4 is 5.32 Å². The maximum Gasteiger partial charge on any atom is 0.140 e. The number of aromatic nitrogens is 1. The van der Waals surface area contributed by atoms with Gasteiger partial charge in [-0.05, 0) is 38.2 Å². The van der Waals surface area contributed by atoms with Crippen LogP contribution in [0.25, 0.3) is 0 Å². The summed E-state index contributed by atoms with van der Waals surface area (Å²) in [6.45, 7) is 8.63. The van der Waals surface area contributed by atoms with Gasteiger partial charge in [0.25, 0.3) is 0 Å². The van der Waals surface area contributed by atoms with Gasteiger partial charge in [-0.1, -0.05) is 13.8 Å². The zero-order chi connectivity index (χ0) is 12.5. The van der Waals surface area contributed by atoms with E-state index in [0.29, 0.717) is 5.69 Å². The molecule has 0 aliphatic rings. The smallest absolute Gasteiger partial charge is 0.140 e. The van der Waals surface area contributed by atoms with E-state index < -0.39 is 0 Å². The van der Waals surface area contributed by atoms with Gasteiger partial charge >= 0.3 is 0 Å². The van der Waals surface area contributed by atoms with E-state index in [1.165, 1.54) is 0 Å². The third-order valence-corrected chi connectivity index (χ3v) is 2.75. The Bertz CT molecular complexity index is 349. The number of rotatable bonds is 7. The van der Waals surface area contributed by atoms with E-state index in [4.69, 9.17) is 5.26 Å². The fourth-order valence-electron chi connectivity index (χ4n) is 1.64. The zero-order valence-electron chi connectivity index (χ0n) is 10.6. The molecular weight excluding hydrogens is 212 g/mol. The Morgan fingerprint density at radius 2 is 2.12 bits per heavy atom. The van der Waals surface area contributed by atoms with Gasteiger partial charge in [-0.3, -0.25) is 0 Å². The van der Waals surface area contributed by atoms with Crippen LogP contribution in [0.1, 0.15) is 26.0 Å². The van der Waals surface area contributed by atoms with Crippen LogP contribution in [0, 0.1) is 11.3 Å². The molecule has 0 aliphatic carbocycles. The van der Waals surface area contributed by atoms with Gasteiger partial charge in [0.2, 0.25) is 0 Å². The van der Waals surface area contributed by atoms with Crippen LogP contribution in [0.3, 0.4) is 0 Å². The number of hydrogen-bond donors (Lipinski definition) is 1. The lowest BCUT2D eigenvalue weighted by molar-refractivity contribution is 0.303. The molecule has 17 heavy (non-hydrogen) atoms. The van der Waals surface area contributed by atoms with Crippen molar-refractivity contribution < 1.29 is 0 Å². The van der Waals surface area contributed by atoms with Crippen LogP contribution in [0.2, 0.25) is 0 Å². The minimum absolute atomic E-state index is 0.457. The van der Waals surface area contributed by atoms with Crippen LogP contribution in [-0.4, -0.2) is 36.1 Å². The van der Waals surface area contributed by atoms with Crippen molar-refractivity contribution in [3.63, 3.8) is 0 Å². The van der Waals surface area contributed by atoms with E-state index in [2.05, 4.69) is 29.0 Å².